The number of nitrogens with one attached hydrogen (secondary N) is 1. The Morgan fingerprint density at radius 2 is 1.95 bits per heavy atom. The molecule has 0 saturated heterocycles. The first-order valence-electron chi connectivity index (χ1n) is 5.77. The first kappa shape index (κ1) is 13.0. The summed E-state index contributed by atoms with van der Waals surface area (Å²) in [6.07, 6.45) is 1.21. The van der Waals surface area contributed by atoms with E-state index < -0.39 is 5.95 Å². The molecule has 0 atom stereocenters. The molecule has 2 rings (SSSR count). The predicted octanol–water partition coefficient (Wildman–Crippen LogP) is 2.54. The Hall–Kier alpha value is -2.43. The minimum atomic E-state index is -0.606. The molecule has 0 aliphatic rings. The molecule has 1 heterocycles. The molecular weight excluding hydrogens is 245 g/mol. The number of amides is 1. The molecule has 2 aromatic rings. The number of rotatable bonds is 3. The largest absolute Gasteiger partial charge is 0.376 e. The number of hydrogen-bond acceptors (Lipinski definition) is 3. The SMILES string of the molecule is CN(C)c1ccccc1NC(=O)c1ccc(F)nc1. The van der Waals surface area contributed by atoms with E-state index in [-0.39, 0.29) is 5.91 Å². The van der Waals surface area contributed by atoms with Gasteiger partial charge in [-0.05, 0) is 24.3 Å². The number of halogens is 1. The normalized spacial score (nSPS) is 10.1. The van der Waals surface area contributed by atoms with Gasteiger partial charge in [-0.15, -0.1) is 0 Å². The van der Waals surface area contributed by atoms with Crippen molar-refractivity contribution in [2.75, 3.05) is 24.3 Å². The zero-order valence-corrected chi connectivity index (χ0v) is 10.7. The smallest absolute Gasteiger partial charge is 0.257 e. The number of aromatic nitrogens is 1. The number of carbonyl (C=O) groups excluding carboxylic acids is 1. The monoisotopic (exact) mass is 259 g/mol. The molecule has 0 aliphatic heterocycles. The standard InChI is InChI=1S/C14H14FN3O/c1-18(2)12-6-4-3-5-11(12)17-14(19)10-7-8-13(15)16-9-10/h3-9H,1-2H3,(H,17,19). The molecule has 0 saturated carbocycles. The van der Waals surface area contributed by atoms with Gasteiger partial charge in [-0.25, -0.2) is 4.98 Å². The van der Waals surface area contributed by atoms with E-state index in [1.54, 1.807) is 0 Å². The second kappa shape index (κ2) is 5.48. The lowest BCUT2D eigenvalue weighted by Gasteiger charge is -2.17. The number of para-hydroxylation sites is 2. The van der Waals surface area contributed by atoms with Crippen LogP contribution in [0.5, 0.6) is 0 Å². The zero-order chi connectivity index (χ0) is 13.8. The summed E-state index contributed by atoms with van der Waals surface area (Å²) in [7, 11) is 3.79. The number of benzene rings is 1. The molecule has 0 bridgehead atoms. The fourth-order valence-electron chi connectivity index (χ4n) is 1.67. The van der Waals surface area contributed by atoms with E-state index in [1.165, 1.54) is 12.3 Å². The van der Waals surface area contributed by atoms with Crippen molar-refractivity contribution in [1.29, 1.82) is 0 Å². The molecular formula is C14H14FN3O. The van der Waals surface area contributed by atoms with E-state index in [4.69, 9.17) is 0 Å². The van der Waals surface area contributed by atoms with Gasteiger partial charge in [0.15, 0.2) is 0 Å². The van der Waals surface area contributed by atoms with Gasteiger partial charge in [-0.1, -0.05) is 12.1 Å². The van der Waals surface area contributed by atoms with E-state index in [0.29, 0.717) is 11.3 Å². The van der Waals surface area contributed by atoms with Crippen molar-refractivity contribution in [2.45, 2.75) is 0 Å². The molecule has 1 aromatic carbocycles. The van der Waals surface area contributed by atoms with E-state index in [0.717, 1.165) is 11.8 Å². The molecule has 0 fully saturated rings. The second-order valence-corrected chi connectivity index (χ2v) is 4.24. The van der Waals surface area contributed by atoms with Gasteiger partial charge in [0.05, 0.1) is 16.9 Å². The minimum absolute atomic E-state index is 0.315. The van der Waals surface area contributed by atoms with Gasteiger partial charge in [0.1, 0.15) is 0 Å². The molecule has 19 heavy (non-hydrogen) atoms. The molecule has 1 amide bonds. The molecule has 1 N–H and O–H groups in total. The van der Waals surface area contributed by atoms with Crippen LogP contribution in [0.3, 0.4) is 0 Å². The van der Waals surface area contributed by atoms with Gasteiger partial charge in [-0.2, -0.15) is 4.39 Å². The van der Waals surface area contributed by atoms with Crippen LogP contribution in [0.25, 0.3) is 0 Å². The Kier molecular flexibility index (Phi) is 3.75. The van der Waals surface area contributed by atoms with Gasteiger partial charge in [0, 0.05) is 20.3 Å². The third-order valence-corrected chi connectivity index (χ3v) is 2.62. The van der Waals surface area contributed by atoms with Crippen molar-refractivity contribution in [3.8, 4) is 0 Å². The molecule has 1 aromatic heterocycles. The lowest BCUT2D eigenvalue weighted by atomic mass is 10.2. The van der Waals surface area contributed by atoms with Crippen LogP contribution in [-0.4, -0.2) is 25.0 Å². The number of hydrogen-bond donors (Lipinski definition) is 1. The van der Waals surface area contributed by atoms with Crippen LogP contribution in [0.15, 0.2) is 42.6 Å². The summed E-state index contributed by atoms with van der Waals surface area (Å²) >= 11 is 0. The van der Waals surface area contributed by atoms with E-state index in [2.05, 4.69) is 10.3 Å². The Morgan fingerprint density at radius 1 is 1.21 bits per heavy atom. The summed E-state index contributed by atoms with van der Waals surface area (Å²) < 4.78 is 12.7. The van der Waals surface area contributed by atoms with E-state index in [1.807, 2.05) is 43.3 Å². The third kappa shape index (κ3) is 3.07. The quantitative estimate of drug-likeness (QED) is 0.861. The highest BCUT2D eigenvalue weighted by atomic mass is 19.1. The number of carbonyl (C=O) groups is 1. The molecule has 0 spiro atoms. The Balaban J connectivity index is 2.22. The van der Waals surface area contributed by atoms with Gasteiger partial charge in [0.25, 0.3) is 5.91 Å². The van der Waals surface area contributed by atoms with Gasteiger partial charge in [0.2, 0.25) is 5.95 Å². The fraction of sp³-hybridized carbons (Fsp3) is 0.143. The summed E-state index contributed by atoms with van der Waals surface area (Å²) in [6, 6.07) is 10.0. The van der Waals surface area contributed by atoms with Gasteiger partial charge < -0.3 is 10.2 Å². The third-order valence-electron chi connectivity index (χ3n) is 2.62. The molecule has 4 nitrogen and oxygen atoms in total. The Morgan fingerprint density at radius 3 is 2.58 bits per heavy atom. The number of anilines is 2. The highest BCUT2D eigenvalue weighted by molar-refractivity contribution is 6.05. The Labute approximate surface area is 110 Å². The molecule has 98 valence electrons. The maximum atomic E-state index is 12.7. The zero-order valence-electron chi connectivity index (χ0n) is 10.7. The fourth-order valence-corrected chi connectivity index (χ4v) is 1.67. The van der Waals surface area contributed by atoms with Crippen molar-refractivity contribution >= 4 is 17.3 Å². The maximum Gasteiger partial charge on any atom is 0.257 e. The first-order valence-corrected chi connectivity index (χ1v) is 5.77. The average Bonchev–Trinajstić information content (AvgIpc) is 2.39. The number of pyridine rings is 1. The van der Waals surface area contributed by atoms with Crippen molar-refractivity contribution in [2.24, 2.45) is 0 Å². The van der Waals surface area contributed by atoms with Crippen LogP contribution < -0.4 is 10.2 Å². The van der Waals surface area contributed by atoms with Crippen molar-refractivity contribution < 1.29 is 9.18 Å². The van der Waals surface area contributed by atoms with Crippen molar-refractivity contribution in [3.05, 3.63) is 54.1 Å². The lowest BCUT2D eigenvalue weighted by molar-refractivity contribution is 0.102. The minimum Gasteiger partial charge on any atom is -0.376 e. The van der Waals surface area contributed by atoms with Gasteiger partial charge >= 0.3 is 0 Å². The Bertz CT molecular complexity index is 581. The van der Waals surface area contributed by atoms with E-state index in [9.17, 15) is 9.18 Å². The summed E-state index contributed by atoms with van der Waals surface area (Å²) in [4.78, 5) is 17.4. The van der Waals surface area contributed by atoms with E-state index >= 15 is 0 Å². The van der Waals surface area contributed by atoms with Crippen LogP contribution in [0.2, 0.25) is 0 Å². The summed E-state index contributed by atoms with van der Waals surface area (Å²) in [5, 5.41) is 2.78. The van der Waals surface area contributed by atoms with Crippen LogP contribution in [0.4, 0.5) is 15.8 Å². The topological polar surface area (TPSA) is 45.2 Å². The highest BCUT2D eigenvalue weighted by Gasteiger charge is 2.10. The lowest BCUT2D eigenvalue weighted by Crippen LogP contribution is -2.16. The average molecular weight is 259 g/mol. The summed E-state index contributed by atoms with van der Waals surface area (Å²) in [5.74, 6) is -0.924. The first-order chi connectivity index (χ1) is 9.08. The molecule has 0 aliphatic carbocycles. The second-order valence-electron chi connectivity index (χ2n) is 4.24. The summed E-state index contributed by atoms with van der Waals surface area (Å²) in [6.45, 7) is 0. The van der Waals surface area contributed by atoms with Crippen LogP contribution in [0, 0.1) is 5.95 Å². The van der Waals surface area contributed by atoms with Crippen LogP contribution in [-0.2, 0) is 0 Å². The van der Waals surface area contributed by atoms with Crippen LogP contribution in [0.1, 0.15) is 10.4 Å². The summed E-state index contributed by atoms with van der Waals surface area (Å²) in [5.41, 5.74) is 1.91. The van der Waals surface area contributed by atoms with Crippen molar-refractivity contribution in [3.63, 3.8) is 0 Å². The highest BCUT2D eigenvalue weighted by Crippen LogP contribution is 2.23. The predicted molar refractivity (Wildman–Crippen MR) is 72.9 cm³/mol. The van der Waals surface area contributed by atoms with Gasteiger partial charge in [-0.3, -0.25) is 4.79 Å². The molecule has 0 radical (unpaired) electrons. The number of nitrogens with zero attached hydrogens (tertiary/aromatic N) is 2. The molecule has 0 unspecified atom stereocenters. The van der Waals surface area contributed by atoms with Crippen LogP contribution >= 0.6 is 0 Å². The maximum absolute atomic E-state index is 12.7. The van der Waals surface area contributed by atoms with Crippen molar-refractivity contribution in [1.82, 2.24) is 4.98 Å². The molecule has 5 heteroatoms.